The molecule has 1 N–H and O–H groups in total. The van der Waals surface area contributed by atoms with Crippen molar-refractivity contribution in [2.45, 2.75) is 58.3 Å². The highest BCUT2D eigenvalue weighted by Gasteiger charge is 2.12. The van der Waals surface area contributed by atoms with E-state index in [0.717, 1.165) is 49.5 Å². The van der Waals surface area contributed by atoms with Crippen LogP contribution in [-0.2, 0) is 0 Å². The molecule has 128 valence electrons. The van der Waals surface area contributed by atoms with E-state index in [1.165, 1.54) is 32.4 Å². The van der Waals surface area contributed by atoms with Crippen molar-refractivity contribution >= 4 is 5.78 Å². The second-order valence-corrected chi connectivity index (χ2v) is 6.59. The van der Waals surface area contributed by atoms with Crippen molar-refractivity contribution in [3.8, 4) is 5.75 Å². The molecule has 0 radical (unpaired) electrons. The number of hydrogen-bond donors (Lipinski definition) is 1. The number of hydrogen-bond acceptors (Lipinski definition) is 3. The molecule has 0 aromatic heterocycles. The van der Waals surface area contributed by atoms with Crippen LogP contribution in [0.5, 0.6) is 5.75 Å². The summed E-state index contributed by atoms with van der Waals surface area (Å²) in [7, 11) is 0. The van der Waals surface area contributed by atoms with Gasteiger partial charge < -0.3 is 10.1 Å². The van der Waals surface area contributed by atoms with Gasteiger partial charge in [-0.2, -0.15) is 0 Å². The van der Waals surface area contributed by atoms with Gasteiger partial charge in [0.05, 0.1) is 6.61 Å². The first-order chi connectivity index (χ1) is 11.3. The van der Waals surface area contributed by atoms with E-state index in [1.807, 2.05) is 24.3 Å². The Bertz CT molecular complexity index is 449. The summed E-state index contributed by atoms with van der Waals surface area (Å²) in [6, 6.07) is 7.65. The predicted molar refractivity (Wildman–Crippen MR) is 95.2 cm³/mol. The van der Waals surface area contributed by atoms with E-state index in [0.29, 0.717) is 6.42 Å². The third-order valence-corrected chi connectivity index (χ3v) is 4.67. The monoisotopic (exact) mass is 317 g/mol. The smallest absolute Gasteiger partial charge is 0.162 e. The maximum absolute atomic E-state index is 12.0. The van der Waals surface area contributed by atoms with Gasteiger partial charge in [0.25, 0.3) is 0 Å². The molecule has 1 heterocycles. The molecular formula is C20H31NO2. The summed E-state index contributed by atoms with van der Waals surface area (Å²) >= 11 is 0. The fourth-order valence-electron chi connectivity index (χ4n) is 3.15. The van der Waals surface area contributed by atoms with Gasteiger partial charge in [0.1, 0.15) is 5.75 Å². The fraction of sp³-hybridized carbons (Fsp3) is 0.650. The Morgan fingerprint density at radius 2 is 1.87 bits per heavy atom. The summed E-state index contributed by atoms with van der Waals surface area (Å²) in [5, 5.41) is 3.40. The van der Waals surface area contributed by atoms with Crippen molar-refractivity contribution in [1.29, 1.82) is 0 Å². The van der Waals surface area contributed by atoms with Gasteiger partial charge in [-0.05, 0) is 75.4 Å². The topological polar surface area (TPSA) is 38.3 Å². The molecule has 1 aromatic carbocycles. The molecule has 0 spiro atoms. The first kappa shape index (κ1) is 18.0. The van der Waals surface area contributed by atoms with Crippen LogP contribution >= 0.6 is 0 Å². The molecule has 1 aromatic rings. The van der Waals surface area contributed by atoms with Crippen molar-refractivity contribution in [3.63, 3.8) is 0 Å². The molecule has 3 nitrogen and oxygen atoms in total. The number of Topliss-reactive ketones (excluding diaryl/α,β-unsaturated/α-hetero) is 1. The molecule has 1 aliphatic heterocycles. The Labute approximate surface area is 140 Å². The first-order valence-electron chi connectivity index (χ1n) is 9.26. The molecule has 0 atom stereocenters. The van der Waals surface area contributed by atoms with Crippen LogP contribution in [-0.4, -0.2) is 25.5 Å². The number of carbonyl (C=O) groups excluding carboxylic acids is 1. The number of ketones is 1. The second kappa shape index (κ2) is 10.4. The highest BCUT2D eigenvalue weighted by molar-refractivity contribution is 5.96. The van der Waals surface area contributed by atoms with E-state index < -0.39 is 0 Å². The minimum absolute atomic E-state index is 0.246. The zero-order chi connectivity index (χ0) is 16.3. The number of unbranched alkanes of at least 4 members (excludes halogenated alkanes) is 2. The van der Waals surface area contributed by atoms with Gasteiger partial charge in [0.15, 0.2) is 5.78 Å². The Hall–Kier alpha value is -1.35. The van der Waals surface area contributed by atoms with E-state index in [1.54, 1.807) is 0 Å². The van der Waals surface area contributed by atoms with Crippen molar-refractivity contribution in [3.05, 3.63) is 29.8 Å². The minimum Gasteiger partial charge on any atom is -0.494 e. The van der Waals surface area contributed by atoms with Crippen LogP contribution in [0.15, 0.2) is 24.3 Å². The lowest BCUT2D eigenvalue weighted by Gasteiger charge is -2.22. The quantitative estimate of drug-likeness (QED) is 0.506. The maximum atomic E-state index is 12.0. The van der Waals surface area contributed by atoms with Gasteiger partial charge in [0.2, 0.25) is 0 Å². The van der Waals surface area contributed by atoms with E-state index in [2.05, 4.69) is 12.2 Å². The molecule has 3 heteroatoms. The molecule has 0 aliphatic carbocycles. The third kappa shape index (κ3) is 6.74. The van der Waals surface area contributed by atoms with Crippen molar-refractivity contribution < 1.29 is 9.53 Å². The van der Waals surface area contributed by atoms with E-state index in [9.17, 15) is 4.79 Å². The normalized spacial score (nSPS) is 15.5. The fourth-order valence-corrected chi connectivity index (χ4v) is 3.15. The zero-order valence-electron chi connectivity index (χ0n) is 14.5. The van der Waals surface area contributed by atoms with Crippen LogP contribution in [0.2, 0.25) is 0 Å². The van der Waals surface area contributed by atoms with Crippen LogP contribution in [0.1, 0.15) is 68.6 Å². The highest BCUT2D eigenvalue weighted by atomic mass is 16.5. The van der Waals surface area contributed by atoms with Gasteiger partial charge >= 0.3 is 0 Å². The van der Waals surface area contributed by atoms with Crippen LogP contribution in [0.3, 0.4) is 0 Å². The lowest BCUT2D eigenvalue weighted by atomic mass is 9.93. The van der Waals surface area contributed by atoms with Crippen LogP contribution < -0.4 is 10.1 Å². The van der Waals surface area contributed by atoms with Crippen LogP contribution in [0.25, 0.3) is 0 Å². The molecule has 0 saturated carbocycles. The standard InChI is InChI=1S/C20H31NO2/c1-2-3-4-7-20(22)18-8-10-19(11-9-18)23-16-5-6-17-12-14-21-15-13-17/h8-11,17,21H,2-7,12-16H2,1H3. The zero-order valence-corrected chi connectivity index (χ0v) is 14.5. The van der Waals surface area contributed by atoms with Crippen LogP contribution in [0, 0.1) is 5.92 Å². The van der Waals surface area contributed by atoms with E-state index in [-0.39, 0.29) is 5.78 Å². The Morgan fingerprint density at radius 3 is 2.57 bits per heavy atom. The lowest BCUT2D eigenvalue weighted by Crippen LogP contribution is -2.27. The first-order valence-corrected chi connectivity index (χ1v) is 9.26. The highest BCUT2D eigenvalue weighted by Crippen LogP contribution is 2.19. The summed E-state index contributed by atoms with van der Waals surface area (Å²) in [4.78, 5) is 12.0. The third-order valence-electron chi connectivity index (χ3n) is 4.67. The average molecular weight is 317 g/mol. The van der Waals surface area contributed by atoms with Gasteiger partial charge in [-0.15, -0.1) is 0 Å². The molecule has 0 bridgehead atoms. The van der Waals surface area contributed by atoms with Crippen molar-refractivity contribution in [1.82, 2.24) is 5.32 Å². The number of carbonyl (C=O) groups is 1. The number of nitrogens with one attached hydrogen (secondary N) is 1. The van der Waals surface area contributed by atoms with Gasteiger partial charge in [-0.3, -0.25) is 4.79 Å². The Balaban J connectivity index is 1.65. The average Bonchev–Trinajstić information content (AvgIpc) is 2.60. The van der Waals surface area contributed by atoms with Crippen molar-refractivity contribution in [2.24, 2.45) is 5.92 Å². The van der Waals surface area contributed by atoms with E-state index in [4.69, 9.17) is 4.74 Å². The summed E-state index contributed by atoms with van der Waals surface area (Å²) in [6.45, 7) is 5.26. The summed E-state index contributed by atoms with van der Waals surface area (Å²) in [5.41, 5.74) is 0.808. The molecule has 23 heavy (non-hydrogen) atoms. The van der Waals surface area contributed by atoms with Gasteiger partial charge in [-0.25, -0.2) is 0 Å². The van der Waals surface area contributed by atoms with E-state index >= 15 is 0 Å². The molecule has 0 unspecified atom stereocenters. The largest absolute Gasteiger partial charge is 0.494 e. The summed E-state index contributed by atoms with van der Waals surface area (Å²) in [5.74, 6) is 1.99. The Morgan fingerprint density at radius 1 is 1.13 bits per heavy atom. The SMILES string of the molecule is CCCCCC(=O)c1ccc(OCCCC2CCNCC2)cc1. The molecule has 0 amide bonds. The van der Waals surface area contributed by atoms with Crippen LogP contribution in [0.4, 0.5) is 0 Å². The lowest BCUT2D eigenvalue weighted by molar-refractivity contribution is 0.0979. The number of piperidine rings is 1. The molecule has 1 fully saturated rings. The second-order valence-electron chi connectivity index (χ2n) is 6.59. The molecule has 2 rings (SSSR count). The van der Waals surface area contributed by atoms with Gasteiger partial charge in [-0.1, -0.05) is 19.8 Å². The molecule has 1 saturated heterocycles. The predicted octanol–water partition coefficient (Wildman–Crippen LogP) is 4.61. The maximum Gasteiger partial charge on any atom is 0.162 e. The summed E-state index contributed by atoms with van der Waals surface area (Å²) < 4.78 is 5.80. The summed E-state index contributed by atoms with van der Waals surface area (Å²) in [6.07, 6.45) is 8.90. The van der Waals surface area contributed by atoms with Gasteiger partial charge in [0, 0.05) is 12.0 Å². The Kier molecular flexibility index (Phi) is 8.16. The molecule has 1 aliphatic rings. The number of rotatable bonds is 10. The number of benzene rings is 1. The van der Waals surface area contributed by atoms with Crippen molar-refractivity contribution in [2.75, 3.05) is 19.7 Å². The number of ether oxygens (including phenoxy) is 1. The minimum atomic E-state index is 0.246. The molecular weight excluding hydrogens is 286 g/mol.